The molecular weight excluding hydrogens is 444 g/mol. The lowest BCUT2D eigenvalue weighted by Gasteiger charge is -2.28. The van der Waals surface area contributed by atoms with E-state index in [0.29, 0.717) is 33.2 Å². The lowest BCUT2D eigenvalue weighted by atomic mass is 9.87. The molecule has 1 aliphatic heterocycles. The number of nitriles is 1. The first-order chi connectivity index (χ1) is 15.5. The normalized spacial score (nSPS) is 15.6. The first kappa shape index (κ1) is 23.4. The largest absolute Gasteiger partial charge is 0.497 e. The number of carbonyl (C=O) groups excluding carboxylic acids is 2. The molecule has 1 aromatic carbocycles. The van der Waals surface area contributed by atoms with Crippen molar-refractivity contribution in [3.8, 4) is 11.8 Å². The van der Waals surface area contributed by atoms with Crippen molar-refractivity contribution in [2.45, 2.75) is 12.8 Å². The topological polar surface area (TPSA) is 88.4 Å². The number of esters is 1. The third kappa shape index (κ3) is 5.13. The highest BCUT2D eigenvalue weighted by atomic mass is 32.2. The number of hydrogen-bond acceptors (Lipinski definition) is 8. The van der Waals surface area contributed by atoms with Gasteiger partial charge in [-0.05, 0) is 42.6 Å². The summed E-state index contributed by atoms with van der Waals surface area (Å²) in [4.78, 5) is 26.3. The van der Waals surface area contributed by atoms with E-state index in [1.54, 1.807) is 38.3 Å². The van der Waals surface area contributed by atoms with Gasteiger partial charge < -0.3 is 14.8 Å². The SMILES string of the molecule is C=CCOC(=O)C1=C(C)NC(SCC(=O)c2ccc(OC)cc2)=C(C#N)[C@@H]1c1cccs1. The predicted molar refractivity (Wildman–Crippen MR) is 126 cm³/mol. The number of nitrogens with zero attached hydrogens (tertiary/aromatic N) is 1. The summed E-state index contributed by atoms with van der Waals surface area (Å²) in [5, 5.41) is 15.6. The first-order valence-electron chi connectivity index (χ1n) is 9.73. The number of benzene rings is 1. The molecule has 3 rings (SSSR count). The van der Waals surface area contributed by atoms with E-state index in [4.69, 9.17) is 9.47 Å². The highest BCUT2D eigenvalue weighted by Gasteiger charge is 2.36. The molecule has 2 aromatic rings. The van der Waals surface area contributed by atoms with Gasteiger partial charge in [0.2, 0.25) is 0 Å². The molecule has 6 nitrogen and oxygen atoms in total. The Morgan fingerprint density at radius 2 is 2.06 bits per heavy atom. The van der Waals surface area contributed by atoms with Gasteiger partial charge in [0.05, 0.1) is 41.0 Å². The van der Waals surface area contributed by atoms with Gasteiger partial charge in [-0.1, -0.05) is 30.5 Å². The van der Waals surface area contributed by atoms with Gasteiger partial charge >= 0.3 is 5.97 Å². The van der Waals surface area contributed by atoms with Gasteiger partial charge in [-0.2, -0.15) is 5.26 Å². The molecule has 0 spiro atoms. The number of ether oxygens (including phenoxy) is 2. The predicted octanol–water partition coefficient (Wildman–Crippen LogP) is 4.80. The number of allylic oxidation sites excluding steroid dienone is 2. The van der Waals surface area contributed by atoms with Crippen LogP contribution in [-0.2, 0) is 9.53 Å². The molecule has 1 aromatic heterocycles. The average molecular weight is 467 g/mol. The van der Waals surface area contributed by atoms with Crippen LogP contribution < -0.4 is 10.1 Å². The fourth-order valence-electron chi connectivity index (χ4n) is 3.25. The highest BCUT2D eigenvalue weighted by Crippen LogP contribution is 2.42. The number of nitrogens with one attached hydrogen (secondary N) is 1. The molecule has 0 unspecified atom stereocenters. The van der Waals surface area contributed by atoms with E-state index in [2.05, 4.69) is 18.0 Å². The monoisotopic (exact) mass is 466 g/mol. The molecule has 1 atom stereocenters. The van der Waals surface area contributed by atoms with Crippen LogP contribution in [0.25, 0.3) is 0 Å². The van der Waals surface area contributed by atoms with Crippen LogP contribution in [0, 0.1) is 11.3 Å². The molecule has 0 bridgehead atoms. The van der Waals surface area contributed by atoms with Crippen LogP contribution in [0.2, 0.25) is 0 Å². The maximum absolute atomic E-state index is 12.8. The zero-order chi connectivity index (χ0) is 23.1. The summed E-state index contributed by atoms with van der Waals surface area (Å²) in [7, 11) is 1.57. The zero-order valence-electron chi connectivity index (χ0n) is 17.7. The van der Waals surface area contributed by atoms with Crippen LogP contribution in [0.4, 0.5) is 0 Å². The average Bonchev–Trinajstić information content (AvgIpc) is 3.35. The van der Waals surface area contributed by atoms with Gasteiger partial charge in [-0.25, -0.2) is 4.79 Å². The number of thiophene rings is 1. The lowest BCUT2D eigenvalue weighted by molar-refractivity contribution is -0.138. The lowest BCUT2D eigenvalue weighted by Crippen LogP contribution is -2.28. The molecular formula is C24H22N2O4S2. The van der Waals surface area contributed by atoms with E-state index in [1.807, 2.05) is 17.5 Å². The number of carbonyl (C=O) groups is 2. The van der Waals surface area contributed by atoms with E-state index in [0.717, 1.165) is 4.88 Å². The van der Waals surface area contributed by atoms with Crippen LogP contribution in [0.15, 0.2) is 76.3 Å². The molecule has 0 fully saturated rings. The summed E-state index contributed by atoms with van der Waals surface area (Å²) >= 11 is 2.71. The summed E-state index contributed by atoms with van der Waals surface area (Å²) in [5.41, 5.74) is 1.92. The fraction of sp³-hybridized carbons (Fsp3) is 0.208. The van der Waals surface area contributed by atoms with Gasteiger partial charge in [0, 0.05) is 16.1 Å². The van der Waals surface area contributed by atoms with Crippen molar-refractivity contribution in [3.05, 3.63) is 86.7 Å². The number of dihydropyridines is 1. The molecule has 0 amide bonds. The molecule has 164 valence electrons. The molecule has 8 heteroatoms. The van der Waals surface area contributed by atoms with E-state index in [1.165, 1.54) is 29.2 Å². The first-order valence-corrected chi connectivity index (χ1v) is 11.6. The minimum Gasteiger partial charge on any atom is -0.497 e. The van der Waals surface area contributed by atoms with Gasteiger partial charge in [0.15, 0.2) is 5.78 Å². The number of thioether (sulfide) groups is 1. The van der Waals surface area contributed by atoms with Gasteiger partial charge in [-0.15, -0.1) is 11.3 Å². The Kier molecular flexibility index (Phi) is 7.92. The van der Waals surface area contributed by atoms with Crippen LogP contribution >= 0.6 is 23.1 Å². The highest BCUT2D eigenvalue weighted by molar-refractivity contribution is 8.03. The quantitative estimate of drug-likeness (QED) is 0.323. The maximum atomic E-state index is 12.8. The number of Topliss-reactive ketones (excluding diaryl/α,β-unsaturated/α-hetero) is 1. The number of ketones is 1. The standard InChI is InChI=1S/C24H22N2O4S2/c1-4-11-30-24(28)21-15(2)26-23(18(13-25)22(21)20-6-5-12-31-20)32-14-19(27)16-7-9-17(29-3)10-8-16/h4-10,12,22,26H,1,11,14H2,2-3H3/t22-/m1/s1. The molecule has 1 aliphatic rings. The van der Waals surface area contributed by atoms with Crippen molar-refractivity contribution >= 4 is 34.9 Å². The molecule has 32 heavy (non-hydrogen) atoms. The van der Waals surface area contributed by atoms with Crippen molar-refractivity contribution < 1.29 is 19.1 Å². The summed E-state index contributed by atoms with van der Waals surface area (Å²) in [6.07, 6.45) is 1.50. The van der Waals surface area contributed by atoms with Crippen molar-refractivity contribution in [2.75, 3.05) is 19.5 Å². The summed E-state index contributed by atoms with van der Waals surface area (Å²) in [6.45, 7) is 5.42. The zero-order valence-corrected chi connectivity index (χ0v) is 19.3. The Balaban J connectivity index is 1.88. The number of rotatable bonds is 9. The fourth-order valence-corrected chi connectivity index (χ4v) is 5.08. The second kappa shape index (κ2) is 10.8. The van der Waals surface area contributed by atoms with E-state index in [-0.39, 0.29) is 18.1 Å². The smallest absolute Gasteiger partial charge is 0.337 e. The Morgan fingerprint density at radius 1 is 1.31 bits per heavy atom. The van der Waals surface area contributed by atoms with Crippen LogP contribution in [0.1, 0.15) is 28.1 Å². The second-order valence-corrected chi connectivity index (χ2v) is 8.76. The third-order valence-corrected chi connectivity index (χ3v) is 6.74. The Labute approximate surface area is 195 Å². The molecule has 0 saturated heterocycles. The number of methoxy groups -OCH3 is 1. The Bertz CT molecular complexity index is 1110. The maximum Gasteiger partial charge on any atom is 0.337 e. The minimum atomic E-state index is -0.558. The van der Waals surface area contributed by atoms with Crippen LogP contribution in [0.5, 0.6) is 5.75 Å². The summed E-state index contributed by atoms with van der Waals surface area (Å²) in [6, 6.07) is 12.9. The van der Waals surface area contributed by atoms with Gasteiger partial charge in [0.1, 0.15) is 12.4 Å². The van der Waals surface area contributed by atoms with Crippen molar-refractivity contribution in [1.82, 2.24) is 5.32 Å². The van der Waals surface area contributed by atoms with Crippen molar-refractivity contribution in [2.24, 2.45) is 0 Å². The van der Waals surface area contributed by atoms with E-state index < -0.39 is 11.9 Å². The molecule has 1 N–H and O–H groups in total. The molecule has 0 aliphatic carbocycles. The molecule has 0 saturated carbocycles. The van der Waals surface area contributed by atoms with Gasteiger partial charge in [0.25, 0.3) is 0 Å². The molecule has 2 heterocycles. The van der Waals surface area contributed by atoms with Crippen LogP contribution in [0.3, 0.4) is 0 Å². The molecule has 0 radical (unpaired) electrons. The Hall–Kier alpha value is -3.28. The van der Waals surface area contributed by atoms with Crippen molar-refractivity contribution in [3.63, 3.8) is 0 Å². The van der Waals surface area contributed by atoms with E-state index in [9.17, 15) is 14.9 Å². The van der Waals surface area contributed by atoms with Crippen LogP contribution in [-0.4, -0.2) is 31.2 Å². The van der Waals surface area contributed by atoms with Gasteiger partial charge in [-0.3, -0.25) is 4.79 Å². The minimum absolute atomic E-state index is 0.0743. The van der Waals surface area contributed by atoms with E-state index >= 15 is 0 Å². The second-order valence-electron chi connectivity index (χ2n) is 6.79. The third-order valence-electron chi connectivity index (χ3n) is 4.79. The Morgan fingerprint density at radius 3 is 2.66 bits per heavy atom. The number of hydrogen-bond donors (Lipinski definition) is 1. The van der Waals surface area contributed by atoms with Crippen molar-refractivity contribution in [1.29, 1.82) is 5.26 Å². The summed E-state index contributed by atoms with van der Waals surface area (Å²) < 4.78 is 10.4. The summed E-state index contributed by atoms with van der Waals surface area (Å²) in [5.74, 6) is -0.320.